The first-order valence-corrected chi connectivity index (χ1v) is 8.99. The Kier molecular flexibility index (Phi) is 5.71. The van der Waals surface area contributed by atoms with Crippen molar-refractivity contribution in [1.82, 2.24) is 4.90 Å². The molecule has 1 heterocycles. The fourth-order valence-corrected chi connectivity index (χ4v) is 3.61. The minimum Gasteiger partial charge on any atom is -0.493 e. The van der Waals surface area contributed by atoms with Crippen LogP contribution in [0.2, 0.25) is 0 Å². The molecular formula is C20H19NO5S. The van der Waals surface area contributed by atoms with Gasteiger partial charge in [-0.1, -0.05) is 30.3 Å². The summed E-state index contributed by atoms with van der Waals surface area (Å²) in [6.45, 7) is 0.242. The second-order valence-corrected chi connectivity index (χ2v) is 6.67. The number of carbonyl (C=O) groups excluding carboxylic acids is 2. The van der Waals surface area contributed by atoms with E-state index in [1.807, 2.05) is 30.3 Å². The van der Waals surface area contributed by atoms with Crippen molar-refractivity contribution in [3.8, 4) is 17.2 Å². The van der Waals surface area contributed by atoms with Crippen LogP contribution in [0.3, 0.4) is 0 Å². The standard InChI is InChI=1S/C20H19NO5S/c1-24-15-10-9-14(17(25-2)18(15)26-3)11-16-19(22)21(20(23)27-16)12-13-7-5-4-6-8-13/h4-11H,12H2,1-3H3/b16-11-. The van der Waals surface area contributed by atoms with E-state index in [-0.39, 0.29) is 17.7 Å². The topological polar surface area (TPSA) is 65.1 Å². The van der Waals surface area contributed by atoms with E-state index in [2.05, 4.69) is 0 Å². The zero-order chi connectivity index (χ0) is 19.4. The Hall–Kier alpha value is -2.93. The largest absolute Gasteiger partial charge is 0.493 e. The number of hydrogen-bond acceptors (Lipinski definition) is 6. The lowest BCUT2D eigenvalue weighted by atomic mass is 10.1. The number of methoxy groups -OCH3 is 3. The van der Waals surface area contributed by atoms with Gasteiger partial charge in [0.15, 0.2) is 11.5 Å². The number of nitrogens with zero attached hydrogens (tertiary/aromatic N) is 1. The molecule has 2 aromatic rings. The van der Waals surface area contributed by atoms with Crippen molar-refractivity contribution in [2.24, 2.45) is 0 Å². The van der Waals surface area contributed by atoms with E-state index in [0.717, 1.165) is 17.3 Å². The summed E-state index contributed by atoms with van der Waals surface area (Å²) in [4.78, 5) is 26.6. The van der Waals surface area contributed by atoms with Gasteiger partial charge in [-0.05, 0) is 35.5 Å². The first kappa shape index (κ1) is 18.8. The Morgan fingerprint density at radius 1 is 0.926 bits per heavy atom. The minimum atomic E-state index is -0.328. The van der Waals surface area contributed by atoms with Gasteiger partial charge < -0.3 is 14.2 Å². The molecule has 0 aliphatic carbocycles. The average molecular weight is 385 g/mol. The van der Waals surface area contributed by atoms with Gasteiger partial charge in [-0.2, -0.15) is 0 Å². The van der Waals surface area contributed by atoms with Gasteiger partial charge in [-0.25, -0.2) is 0 Å². The van der Waals surface area contributed by atoms with Gasteiger partial charge in [-0.15, -0.1) is 0 Å². The predicted octanol–water partition coefficient (Wildman–Crippen LogP) is 3.95. The fourth-order valence-electron chi connectivity index (χ4n) is 2.78. The third-order valence-electron chi connectivity index (χ3n) is 4.08. The molecule has 0 atom stereocenters. The molecule has 0 bridgehead atoms. The molecule has 0 N–H and O–H groups in total. The molecule has 2 amide bonds. The van der Waals surface area contributed by atoms with Crippen molar-refractivity contribution in [2.75, 3.05) is 21.3 Å². The summed E-state index contributed by atoms with van der Waals surface area (Å²) in [6.07, 6.45) is 1.64. The number of amides is 2. The first-order valence-electron chi connectivity index (χ1n) is 8.17. The van der Waals surface area contributed by atoms with Crippen molar-refractivity contribution in [2.45, 2.75) is 6.54 Å². The van der Waals surface area contributed by atoms with Crippen LogP contribution in [-0.2, 0) is 11.3 Å². The highest BCUT2D eigenvalue weighted by molar-refractivity contribution is 8.18. The summed E-state index contributed by atoms with van der Waals surface area (Å²) in [5.41, 5.74) is 1.52. The Labute approximate surface area is 161 Å². The van der Waals surface area contributed by atoms with Gasteiger partial charge >= 0.3 is 0 Å². The summed E-state index contributed by atoms with van der Waals surface area (Å²) < 4.78 is 16.1. The lowest BCUT2D eigenvalue weighted by Gasteiger charge is -2.14. The third-order valence-corrected chi connectivity index (χ3v) is 4.99. The molecule has 1 fully saturated rings. The molecular weight excluding hydrogens is 366 g/mol. The van der Waals surface area contributed by atoms with Crippen LogP contribution >= 0.6 is 11.8 Å². The van der Waals surface area contributed by atoms with E-state index in [4.69, 9.17) is 14.2 Å². The number of hydrogen-bond donors (Lipinski definition) is 0. The molecule has 0 aromatic heterocycles. The van der Waals surface area contributed by atoms with Crippen molar-refractivity contribution in [3.63, 3.8) is 0 Å². The van der Waals surface area contributed by atoms with Crippen LogP contribution in [0, 0.1) is 0 Å². The van der Waals surface area contributed by atoms with E-state index < -0.39 is 0 Å². The number of ether oxygens (including phenoxy) is 3. The maximum absolute atomic E-state index is 12.7. The normalized spacial score (nSPS) is 15.4. The minimum absolute atomic E-state index is 0.242. The summed E-state index contributed by atoms with van der Waals surface area (Å²) in [7, 11) is 4.56. The number of rotatable bonds is 6. The lowest BCUT2D eigenvalue weighted by Crippen LogP contribution is -2.27. The molecule has 0 spiro atoms. The van der Waals surface area contributed by atoms with Crippen LogP contribution in [0.25, 0.3) is 6.08 Å². The van der Waals surface area contributed by atoms with Gasteiger partial charge in [0.2, 0.25) is 5.75 Å². The summed E-state index contributed by atoms with van der Waals surface area (Å²) >= 11 is 0.909. The van der Waals surface area contributed by atoms with Crippen molar-refractivity contribution < 1.29 is 23.8 Å². The summed E-state index contributed by atoms with van der Waals surface area (Å²) in [6, 6.07) is 12.9. The van der Waals surface area contributed by atoms with Crippen LogP contribution in [0.1, 0.15) is 11.1 Å². The Bertz CT molecular complexity index is 895. The number of benzene rings is 2. The van der Waals surface area contributed by atoms with Gasteiger partial charge in [0.05, 0.1) is 32.8 Å². The van der Waals surface area contributed by atoms with Gasteiger partial charge in [-0.3, -0.25) is 14.5 Å². The van der Waals surface area contributed by atoms with Crippen LogP contribution in [0.5, 0.6) is 17.2 Å². The van der Waals surface area contributed by atoms with E-state index >= 15 is 0 Å². The fraction of sp³-hybridized carbons (Fsp3) is 0.200. The molecule has 140 valence electrons. The smallest absolute Gasteiger partial charge is 0.293 e. The third kappa shape index (κ3) is 3.78. The molecule has 3 rings (SSSR count). The summed E-state index contributed by atoms with van der Waals surface area (Å²) in [5, 5.41) is -0.297. The highest BCUT2D eigenvalue weighted by atomic mass is 32.2. The van der Waals surface area contributed by atoms with Gasteiger partial charge in [0.25, 0.3) is 11.1 Å². The van der Waals surface area contributed by atoms with Crippen molar-refractivity contribution >= 4 is 29.0 Å². The van der Waals surface area contributed by atoms with Crippen molar-refractivity contribution in [3.05, 3.63) is 58.5 Å². The van der Waals surface area contributed by atoms with E-state index in [1.54, 1.807) is 18.2 Å². The average Bonchev–Trinajstić information content (AvgIpc) is 2.95. The van der Waals surface area contributed by atoms with Crippen LogP contribution in [0.4, 0.5) is 4.79 Å². The van der Waals surface area contributed by atoms with Crippen molar-refractivity contribution in [1.29, 1.82) is 0 Å². The highest BCUT2D eigenvalue weighted by Gasteiger charge is 2.35. The molecule has 7 heteroatoms. The summed E-state index contributed by atoms with van der Waals surface area (Å²) in [5.74, 6) is 1.05. The predicted molar refractivity (Wildman–Crippen MR) is 104 cm³/mol. The van der Waals surface area contributed by atoms with Crippen LogP contribution < -0.4 is 14.2 Å². The second-order valence-electron chi connectivity index (χ2n) is 5.68. The Balaban J connectivity index is 1.92. The number of carbonyl (C=O) groups is 2. The van der Waals surface area contributed by atoms with Crippen LogP contribution in [0.15, 0.2) is 47.4 Å². The number of thioether (sulfide) groups is 1. The van der Waals surface area contributed by atoms with E-state index in [1.165, 1.54) is 26.2 Å². The van der Waals surface area contributed by atoms with Gasteiger partial charge in [0, 0.05) is 5.56 Å². The first-order chi connectivity index (χ1) is 13.1. The zero-order valence-corrected chi connectivity index (χ0v) is 16.0. The number of imide groups is 1. The second kappa shape index (κ2) is 8.18. The molecule has 2 aromatic carbocycles. The van der Waals surface area contributed by atoms with E-state index in [9.17, 15) is 9.59 Å². The molecule has 0 unspecified atom stereocenters. The lowest BCUT2D eigenvalue weighted by molar-refractivity contribution is -0.123. The maximum Gasteiger partial charge on any atom is 0.293 e. The van der Waals surface area contributed by atoms with Gasteiger partial charge in [0.1, 0.15) is 0 Å². The molecule has 0 saturated carbocycles. The SMILES string of the molecule is COc1ccc(/C=C2\SC(=O)N(Cc3ccccc3)C2=O)c(OC)c1OC. The molecule has 0 radical (unpaired) electrons. The molecule has 27 heavy (non-hydrogen) atoms. The molecule has 1 aliphatic rings. The van der Waals surface area contributed by atoms with Crippen LogP contribution in [-0.4, -0.2) is 37.4 Å². The maximum atomic E-state index is 12.7. The van der Waals surface area contributed by atoms with E-state index in [0.29, 0.717) is 27.7 Å². The Morgan fingerprint density at radius 2 is 1.63 bits per heavy atom. The molecule has 1 aliphatic heterocycles. The zero-order valence-electron chi connectivity index (χ0n) is 15.2. The highest BCUT2D eigenvalue weighted by Crippen LogP contribution is 2.42. The quantitative estimate of drug-likeness (QED) is 0.702. The molecule has 6 nitrogen and oxygen atoms in total. The Morgan fingerprint density at radius 3 is 2.26 bits per heavy atom. The molecule has 1 saturated heterocycles. The monoisotopic (exact) mass is 385 g/mol.